The normalized spacial score (nSPS) is 19.2. The summed E-state index contributed by atoms with van der Waals surface area (Å²) in [6, 6.07) is 13.3. The molecule has 1 fully saturated rings. The van der Waals surface area contributed by atoms with E-state index in [1.165, 1.54) is 11.8 Å². The van der Waals surface area contributed by atoms with Crippen molar-refractivity contribution >= 4 is 33.6 Å². The van der Waals surface area contributed by atoms with Gasteiger partial charge < -0.3 is 5.32 Å². The van der Waals surface area contributed by atoms with Crippen LogP contribution in [0.1, 0.15) is 38.8 Å². The first-order valence-corrected chi connectivity index (χ1v) is 9.55. The topological polar surface area (TPSA) is 58.2 Å². The Labute approximate surface area is 152 Å². The third-order valence-corrected chi connectivity index (χ3v) is 5.18. The zero-order chi connectivity index (χ0) is 18.0. The van der Waals surface area contributed by atoms with Gasteiger partial charge in [0.1, 0.15) is 6.04 Å². The molecule has 3 rings (SSSR count). The van der Waals surface area contributed by atoms with Gasteiger partial charge in [-0.1, -0.05) is 48.2 Å². The zero-order valence-corrected chi connectivity index (χ0v) is 15.7. The predicted octanol–water partition coefficient (Wildman–Crippen LogP) is 3.42. The summed E-state index contributed by atoms with van der Waals surface area (Å²) in [6.45, 7) is 5.87. The lowest BCUT2D eigenvalue weighted by atomic mass is 9.99. The maximum Gasteiger partial charge on any atom is 0.242 e. The molecule has 2 unspecified atom stereocenters. The molecule has 0 spiro atoms. The molecule has 2 atom stereocenters. The van der Waals surface area contributed by atoms with Crippen molar-refractivity contribution in [2.75, 3.05) is 5.75 Å². The largest absolute Gasteiger partial charge is 0.350 e. The second-order valence-electron chi connectivity index (χ2n) is 7.45. The lowest BCUT2D eigenvalue weighted by Gasteiger charge is -2.27. The van der Waals surface area contributed by atoms with Crippen molar-refractivity contribution in [3.63, 3.8) is 0 Å². The quantitative estimate of drug-likeness (QED) is 0.881. The van der Waals surface area contributed by atoms with Crippen LogP contribution in [-0.2, 0) is 9.59 Å². The van der Waals surface area contributed by atoms with Gasteiger partial charge in [-0.2, -0.15) is 0 Å². The summed E-state index contributed by atoms with van der Waals surface area (Å²) in [5.41, 5.74) is 0.549. The lowest BCUT2D eigenvalue weighted by Crippen LogP contribution is -2.49. The first-order valence-electron chi connectivity index (χ1n) is 8.57. The van der Waals surface area contributed by atoms with E-state index in [1.807, 2.05) is 63.2 Å². The average Bonchev–Trinajstić information content (AvgIpc) is 2.95. The highest BCUT2D eigenvalue weighted by Gasteiger charge is 2.32. The van der Waals surface area contributed by atoms with Crippen LogP contribution in [0.5, 0.6) is 0 Å². The van der Waals surface area contributed by atoms with Gasteiger partial charge in [-0.05, 0) is 49.6 Å². The lowest BCUT2D eigenvalue weighted by molar-refractivity contribution is -0.125. The van der Waals surface area contributed by atoms with Crippen LogP contribution in [-0.4, -0.2) is 28.4 Å². The number of benzene rings is 2. The van der Waals surface area contributed by atoms with Gasteiger partial charge >= 0.3 is 0 Å². The Morgan fingerprint density at radius 2 is 1.88 bits per heavy atom. The Kier molecular flexibility index (Phi) is 5.16. The number of rotatable bonds is 4. The van der Waals surface area contributed by atoms with Gasteiger partial charge in [-0.3, -0.25) is 14.9 Å². The highest BCUT2D eigenvalue weighted by Crippen LogP contribution is 2.26. The minimum atomic E-state index is -0.545. The van der Waals surface area contributed by atoms with E-state index >= 15 is 0 Å². The molecule has 1 aliphatic heterocycles. The summed E-state index contributed by atoms with van der Waals surface area (Å²) in [6.07, 6.45) is 0.760. The Balaban J connectivity index is 1.93. The summed E-state index contributed by atoms with van der Waals surface area (Å²) in [4.78, 5) is 24.9. The van der Waals surface area contributed by atoms with Gasteiger partial charge in [-0.15, -0.1) is 0 Å². The van der Waals surface area contributed by atoms with E-state index < -0.39 is 6.04 Å². The fourth-order valence-corrected chi connectivity index (χ4v) is 3.94. The highest BCUT2D eigenvalue weighted by atomic mass is 32.2. The van der Waals surface area contributed by atoms with Crippen molar-refractivity contribution < 1.29 is 9.59 Å². The SMILES string of the molecule is CC(C)(C)NC(=O)C(NC1CCSC1=O)c1ccc2ccccc2c1. The van der Waals surface area contributed by atoms with Crippen LogP contribution < -0.4 is 10.6 Å². The van der Waals surface area contributed by atoms with Crippen LogP contribution in [0, 0.1) is 0 Å². The first kappa shape index (κ1) is 18.0. The monoisotopic (exact) mass is 356 g/mol. The molecule has 0 aromatic heterocycles. The Morgan fingerprint density at radius 1 is 1.16 bits per heavy atom. The second-order valence-corrected chi connectivity index (χ2v) is 8.55. The number of fused-ring (bicyclic) bond motifs is 1. The van der Waals surface area contributed by atoms with Gasteiger partial charge in [0.15, 0.2) is 0 Å². The van der Waals surface area contributed by atoms with Crippen molar-refractivity contribution in [3.8, 4) is 0 Å². The molecular formula is C20H24N2O2S. The molecule has 4 nitrogen and oxygen atoms in total. The third kappa shape index (κ3) is 4.41. The van der Waals surface area contributed by atoms with Gasteiger partial charge in [0.25, 0.3) is 0 Å². The summed E-state index contributed by atoms with van der Waals surface area (Å²) in [5, 5.41) is 8.66. The first-order chi connectivity index (χ1) is 11.8. The van der Waals surface area contributed by atoms with Crippen LogP contribution in [0.25, 0.3) is 10.8 Å². The molecule has 1 amide bonds. The predicted molar refractivity (Wildman–Crippen MR) is 104 cm³/mol. The van der Waals surface area contributed by atoms with Gasteiger partial charge in [0.05, 0.1) is 6.04 Å². The zero-order valence-electron chi connectivity index (χ0n) is 14.8. The van der Waals surface area contributed by atoms with Crippen molar-refractivity contribution in [2.24, 2.45) is 0 Å². The molecule has 0 saturated carbocycles. The van der Waals surface area contributed by atoms with Crippen molar-refractivity contribution in [1.82, 2.24) is 10.6 Å². The third-order valence-electron chi connectivity index (χ3n) is 4.17. The minimum absolute atomic E-state index is 0.104. The molecule has 1 saturated heterocycles. The average molecular weight is 356 g/mol. The fourth-order valence-electron chi connectivity index (χ4n) is 3.00. The molecule has 0 bridgehead atoms. The maximum absolute atomic E-state index is 12.9. The Hall–Kier alpha value is -1.85. The number of carbonyl (C=O) groups excluding carboxylic acids is 2. The van der Waals surface area contributed by atoms with Crippen LogP contribution in [0.2, 0.25) is 0 Å². The van der Waals surface area contributed by atoms with E-state index in [4.69, 9.17) is 0 Å². The number of thioether (sulfide) groups is 1. The van der Waals surface area contributed by atoms with Crippen LogP contribution in [0.15, 0.2) is 42.5 Å². The molecule has 25 heavy (non-hydrogen) atoms. The van der Waals surface area contributed by atoms with Gasteiger partial charge in [-0.25, -0.2) is 0 Å². The second kappa shape index (κ2) is 7.18. The minimum Gasteiger partial charge on any atom is -0.350 e. The molecule has 0 radical (unpaired) electrons. The molecule has 5 heteroatoms. The van der Waals surface area contributed by atoms with Crippen molar-refractivity contribution in [2.45, 2.75) is 44.8 Å². The summed E-state index contributed by atoms with van der Waals surface area (Å²) in [5.74, 6) is 0.703. The fraction of sp³-hybridized carbons (Fsp3) is 0.400. The van der Waals surface area contributed by atoms with Crippen molar-refractivity contribution in [3.05, 3.63) is 48.0 Å². The standard InChI is InChI=1S/C20H24N2O2S/c1-20(2,3)22-18(23)17(21-16-10-11-25-19(16)24)15-9-8-13-6-4-5-7-14(13)12-15/h4-9,12,16-17,21H,10-11H2,1-3H3,(H,22,23). The maximum atomic E-state index is 12.9. The molecule has 2 aromatic rings. The molecule has 132 valence electrons. The molecular weight excluding hydrogens is 332 g/mol. The number of hydrogen-bond acceptors (Lipinski definition) is 4. The number of carbonyl (C=O) groups is 2. The van der Waals surface area contributed by atoms with Crippen LogP contribution in [0.4, 0.5) is 0 Å². The van der Waals surface area contributed by atoms with Gasteiger partial charge in [0.2, 0.25) is 11.0 Å². The summed E-state index contributed by atoms with van der Waals surface area (Å²) < 4.78 is 0. The number of nitrogens with one attached hydrogen (secondary N) is 2. The van der Waals surface area contributed by atoms with Gasteiger partial charge in [0, 0.05) is 11.3 Å². The highest BCUT2D eigenvalue weighted by molar-refractivity contribution is 8.14. The van der Waals surface area contributed by atoms with E-state index in [0.29, 0.717) is 0 Å². The summed E-state index contributed by atoms with van der Waals surface area (Å²) in [7, 11) is 0. The van der Waals surface area contributed by atoms with E-state index in [-0.39, 0.29) is 22.6 Å². The molecule has 1 aliphatic rings. The Bertz CT molecular complexity index is 798. The smallest absolute Gasteiger partial charge is 0.242 e. The van der Waals surface area contributed by atoms with E-state index in [1.54, 1.807) is 0 Å². The number of amides is 1. The Morgan fingerprint density at radius 3 is 2.52 bits per heavy atom. The number of hydrogen-bond donors (Lipinski definition) is 2. The van der Waals surface area contributed by atoms with Crippen LogP contribution >= 0.6 is 11.8 Å². The van der Waals surface area contributed by atoms with Crippen LogP contribution in [0.3, 0.4) is 0 Å². The van der Waals surface area contributed by atoms with E-state index in [2.05, 4.69) is 10.6 Å². The molecule has 2 N–H and O–H groups in total. The van der Waals surface area contributed by atoms with E-state index in [0.717, 1.165) is 28.5 Å². The molecule has 2 aromatic carbocycles. The van der Waals surface area contributed by atoms with Crippen molar-refractivity contribution in [1.29, 1.82) is 0 Å². The van der Waals surface area contributed by atoms with E-state index in [9.17, 15) is 9.59 Å². The molecule has 1 heterocycles. The summed E-state index contributed by atoms with van der Waals surface area (Å²) >= 11 is 1.34. The molecule has 0 aliphatic carbocycles.